The van der Waals surface area contributed by atoms with Gasteiger partial charge in [0.15, 0.2) is 11.5 Å². The topological polar surface area (TPSA) is 65.0 Å². The summed E-state index contributed by atoms with van der Waals surface area (Å²) in [6, 6.07) is 12.3. The number of rotatable bonds is 7. The van der Waals surface area contributed by atoms with E-state index in [1.165, 1.54) is 7.11 Å². The van der Waals surface area contributed by atoms with Crippen LogP contribution in [0.1, 0.15) is 18.1 Å². The van der Waals surface area contributed by atoms with Crippen LogP contribution in [0, 0.1) is 0 Å². The summed E-state index contributed by atoms with van der Waals surface area (Å²) in [4.78, 5) is 11.8. The molecule has 0 fully saturated rings. The maximum absolute atomic E-state index is 11.8. The Kier molecular flexibility index (Phi) is 5.84. The molecule has 0 saturated heterocycles. The van der Waals surface area contributed by atoms with Crippen LogP contribution < -0.4 is 14.2 Å². The second-order valence-electron chi connectivity index (χ2n) is 4.88. The third kappa shape index (κ3) is 3.68. The van der Waals surface area contributed by atoms with Crippen molar-refractivity contribution in [1.82, 2.24) is 0 Å². The molecule has 0 amide bonds. The third-order valence-electron chi connectivity index (χ3n) is 3.45. The highest BCUT2D eigenvalue weighted by Gasteiger charge is 2.17. The Labute approximate surface area is 141 Å². The van der Waals surface area contributed by atoms with Gasteiger partial charge in [-0.05, 0) is 25.1 Å². The number of ether oxygens (including phenoxy) is 3. The van der Waals surface area contributed by atoms with Gasteiger partial charge in [-0.2, -0.15) is 0 Å². The largest absolute Gasteiger partial charge is 0.496 e. The van der Waals surface area contributed by atoms with Crippen molar-refractivity contribution in [3.8, 4) is 17.2 Å². The van der Waals surface area contributed by atoms with Gasteiger partial charge in [0.2, 0.25) is 0 Å². The van der Waals surface area contributed by atoms with E-state index in [0.29, 0.717) is 35.0 Å². The number of carbonyl (C=O) groups is 1. The Morgan fingerprint density at radius 3 is 2.33 bits per heavy atom. The summed E-state index contributed by atoms with van der Waals surface area (Å²) in [5.74, 6) is 0.503. The number of carboxylic acids is 1. The van der Waals surface area contributed by atoms with Crippen molar-refractivity contribution in [2.75, 3.05) is 20.8 Å². The predicted molar refractivity (Wildman–Crippen MR) is 92.7 cm³/mol. The lowest BCUT2D eigenvalue weighted by Gasteiger charge is -2.13. The highest BCUT2D eigenvalue weighted by molar-refractivity contribution is 6.21. The van der Waals surface area contributed by atoms with Crippen LogP contribution in [0.25, 0.3) is 11.6 Å². The molecule has 0 aromatic heterocycles. The first-order chi connectivity index (χ1) is 11.6. The van der Waals surface area contributed by atoms with Crippen LogP contribution in [0.3, 0.4) is 0 Å². The molecule has 0 aliphatic heterocycles. The summed E-state index contributed by atoms with van der Waals surface area (Å²) < 4.78 is 16.2. The van der Waals surface area contributed by atoms with Crippen LogP contribution in [0.2, 0.25) is 0 Å². The van der Waals surface area contributed by atoms with Gasteiger partial charge >= 0.3 is 5.97 Å². The summed E-state index contributed by atoms with van der Waals surface area (Å²) in [6.07, 6.45) is 1.56. The van der Waals surface area contributed by atoms with Crippen LogP contribution in [0.15, 0.2) is 42.5 Å². The molecule has 0 unspecified atom stereocenters. The second kappa shape index (κ2) is 8.06. The van der Waals surface area contributed by atoms with Crippen LogP contribution in [0.4, 0.5) is 0 Å². The molecule has 2 rings (SSSR count). The number of para-hydroxylation sites is 2. The van der Waals surface area contributed by atoms with Crippen molar-refractivity contribution < 1.29 is 24.1 Å². The summed E-state index contributed by atoms with van der Waals surface area (Å²) >= 11 is 0. The summed E-state index contributed by atoms with van der Waals surface area (Å²) in [5, 5.41) is 9.66. The maximum atomic E-state index is 11.8. The molecule has 0 heterocycles. The number of benzene rings is 2. The summed E-state index contributed by atoms with van der Waals surface area (Å²) in [7, 11) is 3.05. The van der Waals surface area contributed by atoms with Crippen LogP contribution >= 0.6 is 0 Å². The molecule has 0 bridgehead atoms. The molecule has 0 aliphatic carbocycles. The molecule has 0 saturated carbocycles. The van der Waals surface area contributed by atoms with E-state index in [2.05, 4.69) is 0 Å². The van der Waals surface area contributed by atoms with E-state index in [4.69, 9.17) is 14.2 Å². The van der Waals surface area contributed by atoms with Crippen molar-refractivity contribution in [3.05, 3.63) is 53.6 Å². The van der Waals surface area contributed by atoms with E-state index in [-0.39, 0.29) is 5.57 Å². The van der Waals surface area contributed by atoms with Gasteiger partial charge in [0, 0.05) is 11.1 Å². The molecule has 0 radical (unpaired) electrons. The molecule has 0 aliphatic rings. The van der Waals surface area contributed by atoms with Gasteiger partial charge in [-0.3, -0.25) is 0 Å². The Morgan fingerprint density at radius 2 is 1.71 bits per heavy atom. The van der Waals surface area contributed by atoms with Crippen molar-refractivity contribution in [3.63, 3.8) is 0 Å². The molecule has 5 nitrogen and oxygen atoms in total. The monoisotopic (exact) mass is 328 g/mol. The molecule has 126 valence electrons. The van der Waals surface area contributed by atoms with E-state index < -0.39 is 5.97 Å². The molecular weight excluding hydrogens is 308 g/mol. The molecule has 0 atom stereocenters. The Morgan fingerprint density at radius 1 is 1.04 bits per heavy atom. The third-order valence-corrected chi connectivity index (χ3v) is 3.45. The zero-order valence-corrected chi connectivity index (χ0v) is 13.9. The van der Waals surface area contributed by atoms with Gasteiger partial charge in [0.05, 0.1) is 26.4 Å². The smallest absolute Gasteiger partial charge is 0.336 e. The zero-order valence-electron chi connectivity index (χ0n) is 13.9. The number of hydrogen-bond donors (Lipinski definition) is 1. The van der Waals surface area contributed by atoms with Crippen molar-refractivity contribution in [1.29, 1.82) is 0 Å². The highest BCUT2D eigenvalue weighted by atomic mass is 16.5. The Hall–Kier alpha value is -2.95. The number of carboxylic acid groups (broad SMARTS) is 1. The molecule has 2 aromatic rings. The fourth-order valence-electron chi connectivity index (χ4n) is 2.38. The maximum Gasteiger partial charge on any atom is 0.336 e. The van der Waals surface area contributed by atoms with Gasteiger partial charge < -0.3 is 19.3 Å². The van der Waals surface area contributed by atoms with Crippen molar-refractivity contribution in [2.24, 2.45) is 0 Å². The summed E-state index contributed by atoms with van der Waals surface area (Å²) in [5.41, 5.74) is 1.24. The Balaban J connectivity index is 2.63. The standard InChI is InChI=1S/C19H20O5/c1-4-24-18-13(8-7-11-17(18)23-3)12-15(19(20)21)14-9-5-6-10-16(14)22-2/h5-12H,4H2,1-3H3,(H,20,21)/b15-12-. The minimum atomic E-state index is -1.05. The van der Waals surface area contributed by atoms with Crippen LogP contribution in [-0.4, -0.2) is 31.9 Å². The molecule has 1 N–H and O–H groups in total. The molecule has 0 spiro atoms. The van der Waals surface area contributed by atoms with E-state index in [1.807, 2.05) is 6.92 Å². The molecule has 5 heteroatoms. The van der Waals surface area contributed by atoms with Crippen molar-refractivity contribution in [2.45, 2.75) is 6.92 Å². The van der Waals surface area contributed by atoms with Gasteiger partial charge in [0.1, 0.15) is 5.75 Å². The zero-order chi connectivity index (χ0) is 17.5. The molecular formula is C19H20O5. The van der Waals surface area contributed by atoms with Gasteiger partial charge in [-0.1, -0.05) is 30.3 Å². The minimum absolute atomic E-state index is 0.113. The highest BCUT2D eigenvalue weighted by Crippen LogP contribution is 2.35. The normalized spacial score (nSPS) is 11.0. The van der Waals surface area contributed by atoms with Crippen LogP contribution in [0.5, 0.6) is 17.2 Å². The van der Waals surface area contributed by atoms with E-state index >= 15 is 0 Å². The predicted octanol–water partition coefficient (Wildman–Crippen LogP) is 3.73. The fraction of sp³-hybridized carbons (Fsp3) is 0.211. The van der Waals surface area contributed by atoms with Crippen LogP contribution in [-0.2, 0) is 4.79 Å². The first-order valence-corrected chi connectivity index (χ1v) is 7.50. The lowest BCUT2D eigenvalue weighted by Crippen LogP contribution is -2.03. The average molecular weight is 328 g/mol. The quantitative estimate of drug-likeness (QED) is 0.620. The second-order valence-corrected chi connectivity index (χ2v) is 4.88. The van der Waals surface area contributed by atoms with E-state index in [1.54, 1.807) is 55.7 Å². The van der Waals surface area contributed by atoms with Gasteiger partial charge in [0.25, 0.3) is 0 Å². The van der Waals surface area contributed by atoms with Gasteiger partial charge in [-0.15, -0.1) is 0 Å². The lowest BCUT2D eigenvalue weighted by molar-refractivity contribution is -0.130. The first kappa shape index (κ1) is 17.4. The van der Waals surface area contributed by atoms with E-state index in [0.717, 1.165) is 0 Å². The number of methoxy groups -OCH3 is 2. The molecule has 24 heavy (non-hydrogen) atoms. The Bertz CT molecular complexity index is 749. The molecule has 2 aromatic carbocycles. The van der Waals surface area contributed by atoms with Crippen molar-refractivity contribution >= 4 is 17.6 Å². The SMILES string of the molecule is CCOc1c(/C=C(\C(=O)O)c2ccccc2OC)cccc1OC. The number of aliphatic carboxylic acids is 1. The number of hydrogen-bond acceptors (Lipinski definition) is 4. The summed E-state index contributed by atoms with van der Waals surface area (Å²) in [6.45, 7) is 2.30. The lowest BCUT2D eigenvalue weighted by atomic mass is 10.0. The van der Waals surface area contributed by atoms with Gasteiger partial charge in [-0.25, -0.2) is 4.79 Å². The minimum Gasteiger partial charge on any atom is -0.496 e. The average Bonchev–Trinajstić information content (AvgIpc) is 2.60. The first-order valence-electron chi connectivity index (χ1n) is 7.50. The fourth-order valence-corrected chi connectivity index (χ4v) is 2.38. The van der Waals surface area contributed by atoms with E-state index in [9.17, 15) is 9.90 Å².